The predicted molar refractivity (Wildman–Crippen MR) is 436 cm³/mol. The lowest BCUT2D eigenvalue weighted by Gasteiger charge is -2.21. The topological polar surface area (TPSA) is 237 Å². The maximum atomic E-state index is 13.1. The highest BCUT2D eigenvalue weighted by atomic mass is 31.2. The fourth-order valence-electron chi connectivity index (χ4n) is 10.9. The van der Waals surface area contributed by atoms with E-state index in [1.54, 1.807) is 0 Å². The van der Waals surface area contributed by atoms with Gasteiger partial charge in [-0.05, 0) is 135 Å². The summed E-state index contributed by atoms with van der Waals surface area (Å²) < 4.78 is 68.7. The molecule has 0 saturated carbocycles. The molecular formula is C87H148O17P2. The number of hydrogen-bond donors (Lipinski definition) is 3. The zero-order chi connectivity index (χ0) is 77.4. The van der Waals surface area contributed by atoms with Crippen molar-refractivity contribution in [3.63, 3.8) is 0 Å². The third kappa shape index (κ3) is 77.4. The summed E-state index contributed by atoms with van der Waals surface area (Å²) in [7, 11) is -9.98. The number of aliphatic hydroxyl groups excluding tert-OH is 1. The number of hydrogen-bond acceptors (Lipinski definition) is 15. The van der Waals surface area contributed by atoms with Gasteiger partial charge in [0.05, 0.1) is 26.4 Å². The van der Waals surface area contributed by atoms with E-state index >= 15 is 0 Å². The Hall–Kier alpha value is -4.80. The van der Waals surface area contributed by atoms with Crippen molar-refractivity contribution < 1.29 is 80.2 Å². The normalized spacial score (nSPS) is 14.5. The first kappa shape index (κ1) is 101. The van der Waals surface area contributed by atoms with Crippen molar-refractivity contribution >= 4 is 39.5 Å². The summed E-state index contributed by atoms with van der Waals surface area (Å²) in [5, 5.41) is 10.7. The average molecular weight is 1530 g/mol. The number of unbranched alkanes of at least 4 members (excludes halogenated alkanes) is 29. The Morgan fingerprint density at radius 2 is 0.491 bits per heavy atom. The summed E-state index contributed by atoms with van der Waals surface area (Å²) in [6.45, 7) is 4.51. The minimum Gasteiger partial charge on any atom is -0.462 e. The number of phosphoric acid groups is 2. The highest BCUT2D eigenvalue weighted by molar-refractivity contribution is 7.47. The van der Waals surface area contributed by atoms with E-state index in [0.29, 0.717) is 25.7 Å². The van der Waals surface area contributed by atoms with Gasteiger partial charge in [0.2, 0.25) is 0 Å². The van der Waals surface area contributed by atoms with E-state index in [9.17, 15) is 43.2 Å². The monoisotopic (exact) mass is 1530 g/mol. The second kappa shape index (κ2) is 78.3. The lowest BCUT2D eigenvalue weighted by molar-refractivity contribution is -0.161. The summed E-state index contributed by atoms with van der Waals surface area (Å²) in [6, 6.07) is 0. The molecule has 608 valence electrons. The highest BCUT2D eigenvalue weighted by Crippen LogP contribution is 2.45. The molecule has 0 aliphatic carbocycles. The highest BCUT2D eigenvalue weighted by Gasteiger charge is 2.30. The molecule has 0 aliphatic heterocycles. The van der Waals surface area contributed by atoms with Gasteiger partial charge in [-0.25, -0.2) is 9.13 Å². The van der Waals surface area contributed by atoms with Gasteiger partial charge in [0.1, 0.15) is 19.3 Å². The molecule has 5 atom stereocenters. The van der Waals surface area contributed by atoms with Gasteiger partial charge < -0.3 is 33.8 Å². The zero-order valence-electron chi connectivity index (χ0n) is 66.6. The van der Waals surface area contributed by atoms with Crippen LogP contribution in [0.2, 0.25) is 0 Å². The van der Waals surface area contributed by atoms with E-state index in [0.717, 1.165) is 193 Å². The van der Waals surface area contributed by atoms with Crippen molar-refractivity contribution in [1.29, 1.82) is 0 Å². The smallest absolute Gasteiger partial charge is 0.462 e. The Labute approximate surface area is 644 Å². The van der Waals surface area contributed by atoms with Gasteiger partial charge in [-0.15, -0.1) is 0 Å². The molecule has 0 fully saturated rings. The van der Waals surface area contributed by atoms with Gasteiger partial charge >= 0.3 is 39.5 Å². The predicted octanol–water partition coefficient (Wildman–Crippen LogP) is 24.4. The van der Waals surface area contributed by atoms with Gasteiger partial charge in [0.25, 0.3) is 0 Å². The third-order valence-corrected chi connectivity index (χ3v) is 19.0. The van der Waals surface area contributed by atoms with Crippen molar-refractivity contribution in [1.82, 2.24) is 0 Å². The van der Waals surface area contributed by atoms with E-state index in [-0.39, 0.29) is 25.7 Å². The van der Waals surface area contributed by atoms with Crippen molar-refractivity contribution in [3.05, 3.63) is 134 Å². The van der Waals surface area contributed by atoms with E-state index in [4.69, 9.17) is 37.0 Å². The molecule has 0 aromatic heterocycles. The SMILES string of the molecule is CC/C=C\C/C=C\C/C=C\C/C=C\CCCCCCC(=O)OCC(COP(=O)(O)OCC(O)COP(=O)(O)OCC(COC(=O)CCCCCC/C=C\C/C=C\C/C=C\C/C=C\CC)OC(=O)CCCCCCCCCCCCCCCCC)OC(=O)CCCCCCCCC/C=C\C/C=C\C/C=C\CC. The number of carbonyl (C=O) groups is 4. The minimum atomic E-state index is -4.99. The molecule has 106 heavy (non-hydrogen) atoms. The molecular weight excluding hydrogens is 1380 g/mol. The summed E-state index contributed by atoms with van der Waals surface area (Å²) in [5.74, 6) is -2.23. The van der Waals surface area contributed by atoms with Crippen LogP contribution >= 0.6 is 15.6 Å². The largest absolute Gasteiger partial charge is 0.472 e. The number of aliphatic hydroxyl groups is 1. The molecule has 0 aromatic carbocycles. The molecule has 19 heteroatoms. The molecule has 5 unspecified atom stereocenters. The number of carbonyl (C=O) groups excluding carboxylic acids is 4. The minimum absolute atomic E-state index is 0.0749. The van der Waals surface area contributed by atoms with Crippen LogP contribution in [0.1, 0.15) is 336 Å². The number of rotatable bonds is 77. The average Bonchev–Trinajstić information content (AvgIpc) is 0.902. The van der Waals surface area contributed by atoms with Crippen LogP contribution in [0.5, 0.6) is 0 Å². The second-order valence-electron chi connectivity index (χ2n) is 27.3. The first-order chi connectivity index (χ1) is 51.7. The maximum Gasteiger partial charge on any atom is 0.472 e. The van der Waals surface area contributed by atoms with Crippen LogP contribution in [0, 0.1) is 0 Å². The van der Waals surface area contributed by atoms with Crippen LogP contribution in [0.15, 0.2) is 134 Å². The van der Waals surface area contributed by atoms with E-state index in [1.807, 2.05) is 0 Å². The zero-order valence-corrected chi connectivity index (χ0v) is 68.4. The maximum absolute atomic E-state index is 13.1. The van der Waals surface area contributed by atoms with E-state index in [1.165, 1.54) is 64.2 Å². The quantitative estimate of drug-likeness (QED) is 0.0169. The Morgan fingerprint density at radius 3 is 0.755 bits per heavy atom. The molecule has 0 aromatic rings. The van der Waals surface area contributed by atoms with Gasteiger partial charge in [-0.3, -0.25) is 37.3 Å². The number of ether oxygens (including phenoxy) is 4. The van der Waals surface area contributed by atoms with E-state index in [2.05, 4.69) is 161 Å². The summed E-state index contributed by atoms with van der Waals surface area (Å²) in [4.78, 5) is 73.2. The van der Waals surface area contributed by atoms with Crippen LogP contribution < -0.4 is 0 Å². The Bertz CT molecular complexity index is 2530. The molecule has 0 rings (SSSR count). The fraction of sp³-hybridized carbons (Fsp3) is 0.701. The molecule has 3 N–H and O–H groups in total. The molecule has 0 aliphatic rings. The molecule has 0 heterocycles. The fourth-order valence-corrected chi connectivity index (χ4v) is 12.5. The van der Waals surface area contributed by atoms with Gasteiger partial charge in [0, 0.05) is 25.7 Å². The first-order valence-electron chi connectivity index (χ1n) is 41.4. The van der Waals surface area contributed by atoms with Crippen molar-refractivity contribution in [2.24, 2.45) is 0 Å². The number of esters is 4. The lowest BCUT2D eigenvalue weighted by atomic mass is 10.0. The van der Waals surface area contributed by atoms with Crippen LogP contribution in [-0.2, 0) is 65.4 Å². The molecule has 0 saturated heterocycles. The van der Waals surface area contributed by atoms with Crippen LogP contribution in [0.3, 0.4) is 0 Å². The number of allylic oxidation sites excluding steroid dienone is 22. The van der Waals surface area contributed by atoms with Crippen molar-refractivity contribution in [3.8, 4) is 0 Å². The van der Waals surface area contributed by atoms with Crippen LogP contribution in [0.4, 0.5) is 0 Å². The summed E-state index contributed by atoms with van der Waals surface area (Å²) in [6.07, 6.45) is 88.4. The molecule has 0 radical (unpaired) electrons. The second-order valence-corrected chi connectivity index (χ2v) is 30.2. The van der Waals surface area contributed by atoms with Crippen molar-refractivity contribution in [2.75, 3.05) is 39.6 Å². The Balaban J connectivity index is 5.41. The van der Waals surface area contributed by atoms with Gasteiger partial charge in [-0.1, -0.05) is 309 Å². The first-order valence-corrected chi connectivity index (χ1v) is 44.4. The molecule has 0 bridgehead atoms. The summed E-state index contributed by atoms with van der Waals surface area (Å²) in [5.41, 5.74) is 0. The van der Waals surface area contributed by atoms with E-state index < -0.39 is 97.5 Å². The van der Waals surface area contributed by atoms with Gasteiger partial charge in [0.15, 0.2) is 12.2 Å². The summed E-state index contributed by atoms with van der Waals surface area (Å²) >= 11 is 0. The van der Waals surface area contributed by atoms with Gasteiger partial charge in [-0.2, -0.15) is 0 Å². The third-order valence-electron chi connectivity index (χ3n) is 17.1. The number of phosphoric ester groups is 2. The van der Waals surface area contributed by atoms with Crippen LogP contribution in [-0.4, -0.2) is 96.7 Å². The Morgan fingerprint density at radius 1 is 0.274 bits per heavy atom. The molecule has 0 spiro atoms. The van der Waals surface area contributed by atoms with Crippen LogP contribution in [0.25, 0.3) is 0 Å². The molecule has 0 amide bonds. The standard InChI is InChI=1S/C87H148O17P2/c1-5-9-13-17-21-25-29-33-37-40-44-47-51-55-59-63-67-71-84(89)97-77-82(103-86(91)73-69-65-61-57-53-49-43-36-32-28-24-20-16-12-8-4)79-101-105(93,94)99-75-81(88)76-100-106(95,96)102-80-83(104-87(92)74-70-66-62-58-54-50-46-42-39-35-31-27-23-19-15-11-7-3)78-98-85(90)72-68-64-60-56-52-48-45-41-38-34-30-26-22-18-14-10-6-2/h9-11,13-15,21-23,25-27,33-35,37-39,44-45,47-48,81-83,88H,5-8,12,16-20,24,28-32,36,40-43,46,49-80H2,1-4H3,(H,93,94)(H,95,96)/b13-9-,14-10-,15-11-,25-21-,26-22-,27-23-,37-33-,38-34-,39-35-,47-44-,48-45-. The van der Waals surface area contributed by atoms with Crippen molar-refractivity contribution in [2.45, 2.75) is 354 Å². The lowest BCUT2D eigenvalue weighted by Crippen LogP contribution is -2.30. The molecule has 17 nitrogen and oxygen atoms in total. The Kier molecular flexibility index (Phi) is 74.8.